The summed E-state index contributed by atoms with van der Waals surface area (Å²) in [4.78, 5) is 0. The monoisotopic (exact) mass is 976 g/mol. The molecule has 10 aromatic carbocycles. The van der Waals surface area contributed by atoms with Gasteiger partial charge in [-0.2, -0.15) is 0 Å². The van der Waals surface area contributed by atoms with Gasteiger partial charge in [-0.25, -0.2) is 0 Å². The van der Waals surface area contributed by atoms with Crippen LogP contribution in [0.25, 0.3) is 0 Å². The molecule has 0 amide bonds. The fourth-order valence-corrected chi connectivity index (χ4v) is 57.9. The summed E-state index contributed by atoms with van der Waals surface area (Å²) >= 11 is 4.62. The van der Waals surface area contributed by atoms with Crippen molar-refractivity contribution < 1.29 is 0 Å². The van der Waals surface area contributed by atoms with E-state index in [0.29, 0.717) is 0 Å². The highest BCUT2D eigenvalue weighted by Crippen LogP contribution is 2.82. The van der Waals surface area contributed by atoms with E-state index in [4.69, 9.17) is 0 Å². The van der Waals surface area contributed by atoms with Gasteiger partial charge in [0.1, 0.15) is 0 Å². The Labute approximate surface area is 412 Å². The lowest BCUT2D eigenvalue weighted by atomic mass is 10.3. The first kappa shape index (κ1) is 44.4. The Kier molecular flexibility index (Phi) is 12.7. The summed E-state index contributed by atoms with van der Waals surface area (Å²) in [5.74, 6) is 0. The van der Waals surface area contributed by atoms with Crippen molar-refractivity contribution in [2.45, 2.75) is 0 Å². The largest absolute Gasteiger partial charge is 0.188 e. The van der Waals surface area contributed by atoms with Crippen molar-refractivity contribution in [3.63, 3.8) is 0 Å². The average Bonchev–Trinajstić information content (AvgIpc) is 3.44. The predicted octanol–water partition coefficient (Wildman–Crippen LogP) is 10.3. The lowest BCUT2D eigenvalue weighted by molar-refractivity contribution is 1.70. The van der Waals surface area contributed by atoms with Gasteiger partial charge in [0.25, 0.3) is 0 Å². The van der Waals surface area contributed by atoms with Crippen LogP contribution in [0.4, 0.5) is 0 Å². The molecule has 1 aliphatic rings. The Balaban J connectivity index is 1.48. The molecule has 0 N–H and O–H groups in total. The second kappa shape index (κ2) is 19.5. The first-order chi connectivity index (χ1) is 33.7. The Hall–Kier alpha value is -6.07. The van der Waals surface area contributed by atoms with E-state index in [1.54, 1.807) is 8.50 Å². The molecule has 6 heteroatoms. The topological polar surface area (TPSA) is 0 Å². The molecule has 0 unspecified atom stereocenters. The number of rotatable bonds is 12. The Morgan fingerprint density at radius 2 is 0.368 bits per heavy atom. The Bertz CT molecular complexity index is 2860. The van der Waals surface area contributed by atoms with Gasteiger partial charge in [0.05, 0.1) is 0 Å². The third-order valence-electron chi connectivity index (χ3n) is 13.4. The van der Waals surface area contributed by atoms with Gasteiger partial charge in [0, 0.05) is 20.7 Å². The average molecular weight is 977 g/mol. The first-order valence-corrected chi connectivity index (χ1v) is 33.6. The van der Waals surface area contributed by atoms with Gasteiger partial charge in [-0.05, 0) is 52.3 Å². The molecule has 0 atom stereocenters. The van der Waals surface area contributed by atoms with E-state index in [0.717, 1.165) is 0 Å². The number of benzene rings is 10. The van der Waals surface area contributed by atoms with Crippen LogP contribution in [0.15, 0.2) is 303 Å². The molecule has 0 radical (unpaired) electrons. The molecular weight excluding hydrogens is 927 g/mol. The smallest absolute Gasteiger partial charge is 0.102 e. The molecule has 0 spiro atoms. The van der Waals surface area contributed by atoms with Crippen molar-refractivity contribution in [3.05, 3.63) is 303 Å². The third kappa shape index (κ3) is 7.38. The van der Waals surface area contributed by atoms with Crippen LogP contribution in [0.5, 0.6) is 0 Å². The molecular formula is C62H50P2S2Si2. The summed E-state index contributed by atoms with van der Waals surface area (Å²) in [6.45, 7) is 0. The fourth-order valence-electron chi connectivity index (χ4n) is 10.5. The number of thioether (sulfide) groups is 1. The van der Waals surface area contributed by atoms with Crippen molar-refractivity contribution in [2.24, 2.45) is 0 Å². The molecule has 0 saturated carbocycles. The molecule has 0 nitrogen and oxygen atoms in total. The molecule has 10 aromatic rings. The zero-order chi connectivity index (χ0) is 45.7. The molecule has 11 rings (SSSR count). The van der Waals surface area contributed by atoms with E-state index in [9.17, 15) is 0 Å². The second-order valence-electron chi connectivity index (χ2n) is 17.1. The van der Waals surface area contributed by atoms with E-state index in [2.05, 4.69) is 326 Å². The fraction of sp³-hybridized carbons (Fsp3) is 0. The van der Waals surface area contributed by atoms with Crippen LogP contribution < -0.4 is 52.3 Å². The molecule has 0 aliphatic carbocycles. The SMILES string of the molecule is c1ccc([Si](C2=P(c3ccccc3)(c3ccccc3)SP(c3ccccc3)(c3ccccc3)=C([Si](c3ccccc3)(c3ccccc3)c3ccccc3)S2)(c2ccccc2)c2ccccc2)cc1. The summed E-state index contributed by atoms with van der Waals surface area (Å²) in [5.41, 5.74) is 0. The number of hydrogen-bond donors (Lipinski definition) is 0. The van der Waals surface area contributed by atoms with E-state index in [-0.39, 0.29) is 0 Å². The predicted molar refractivity (Wildman–Crippen MR) is 311 cm³/mol. The minimum absolute atomic E-state index is 1.40. The molecule has 68 heavy (non-hydrogen) atoms. The highest BCUT2D eigenvalue weighted by atomic mass is 33.1. The molecule has 0 aromatic heterocycles. The van der Waals surface area contributed by atoms with Gasteiger partial charge < -0.3 is 0 Å². The molecule has 0 fully saturated rings. The zero-order valence-corrected chi connectivity index (χ0v) is 43.0. The van der Waals surface area contributed by atoms with Gasteiger partial charge in [-0.15, -0.1) is 11.8 Å². The van der Waals surface area contributed by atoms with E-state index < -0.39 is 28.3 Å². The van der Waals surface area contributed by atoms with Crippen molar-refractivity contribution >= 4 is 112 Å². The highest BCUT2D eigenvalue weighted by Gasteiger charge is 2.58. The Morgan fingerprint density at radius 3 is 0.544 bits per heavy atom. The molecule has 1 heterocycles. The summed E-state index contributed by atoms with van der Waals surface area (Å²) in [6, 6.07) is 117. The normalized spacial score (nSPS) is 14.5. The van der Waals surface area contributed by atoms with Crippen molar-refractivity contribution in [1.29, 1.82) is 0 Å². The van der Waals surface area contributed by atoms with Crippen molar-refractivity contribution in [2.75, 3.05) is 0 Å². The van der Waals surface area contributed by atoms with Gasteiger partial charge in [0.2, 0.25) is 0 Å². The lowest BCUT2D eigenvalue weighted by Crippen LogP contribution is -2.75. The maximum absolute atomic E-state index is 3.28. The molecule has 0 bridgehead atoms. The van der Waals surface area contributed by atoms with Crippen LogP contribution in [0.1, 0.15) is 0 Å². The summed E-state index contributed by atoms with van der Waals surface area (Å²) in [5, 5.41) is 14.0. The minimum atomic E-state index is -3.28. The van der Waals surface area contributed by atoms with Crippen LogP contribution in [0.2, 0.25) is 0 Å². The van der Waals surface area contributed by atoms with Crippen LogP contribution in [-0.4, -0.2) is 24.6 Å². The van der Waals surface area contributed by atoms with Crippen LogP contribution in [-0.2, 0) is 0 Å². The van der Waals surface area contributed by atoms with Gasteiger partial charge in [-0.1, -0.05) is 314 Å². The van der Waals surface area contributed by atoms with Gasteiger partial charge in [0.15, 0.2) is 16.1 Å². The van der Waals surface area contributed by atoms with Crippen LogP contribution in [0.3, 0.4) is 0 Å². The second-order valence-corrected chi connectivity index (χ2v) is 38.5. The van der Waals surface area contributed by atoms with Crippen LogP contribution in [0, 0.1) is 0 Å². The first-order valence-electron chi connectivity index (χ1n) is 23.2. The minimum Gasteiger partial charge on any atom is -0.102 e. The van der Waals surface area contributed by atoms with Crippen LogP contribution >= 0.6 is 34.9 Å². The van der Waals surface area contributed by atoms with Crippen molar-refractivity contribution in [1.82, 2.24) is 0 Å². The maximum Gasteiger partial charge on any atom is 0.188 e. The highest BCUT2D eigenvalue weighted by molar-refractivity contribution is 9.00. The van der Waals surface area contributed by atoms with Gasteiger partial charge in [-0.3, -0.25) is 0 Å². The van der Waals surface area contributed by atoms with E-state index >= 15 is 0 Å². The molecule has 1 aliphatic heterocycles. The van der Waals surface area contributed by atoms with E-state index in [1.807, 2.05) is 0 Å². The quantitative estimate of drug-likeness (QED) is 0.0680. The maximum atomic E-state index is 2.47. The Morgan fingerprint density at radius 1 is 0.206 bits per heavy atom. The standard InChI is InChI=1S/C62H50P2S2Si2/c1-11-31-51(32-12-1)63(52-33-13-2-14-34-52)61(67(55-39-19-5-20-40-55,56-41-21-6-22-42-56)57-43-23-7-24-44-57)65-62(64(66-63,53-35-15-3-16-36-53)54-37-17-4-18-38-54)68(58-45-25-8-26-46-58,59-47-27-9-28-48-59)60-49-29-10-30-50-60/h1-50H. The molecule has 328 valence electrons. The summed E-state index contributed by atoms with van der Waals surface area (Å²) in [6.07, 6.45) is -5.50. The van der Waals surface area contributed by atoms with E-state index in [1.165, 1.54) is 52.3 Å². The third-order valence-corrected chi connectivity index (χ3v) is 47.8. The molecule has 0 saturated heterocycles. The lowest BCUT2D eigenvalue weighted by Gasteiger charge is -2.52. The van der Waals surface area contributed by atoms with Crippen molar-refractivity contribution in [3.8, 4) is 0 Å². The number of hydrogen-bond acceptors (Lipinski definition) is 2. The van der Waals surface area contributed by atoms with Gasteiger partial charge >= 0.3 is 0 Å². The zero-order valence-electron chi connectivity index (χ0n) is 37.6. The summed E-state index contributed by atoms with van der Waals surface area (Å²) < 4.78 is 3.21. The summed E-state index contributed by atoms with van der Waals surface area (Å²) in [7, 11) is -6.57.